The minimum absolute atomic E-state index is 0.0677. The molecule has 8 heteroatoms. The fourth-order valence-corrected chi connectivity index (χ4v) is 4.08. The van der Waals surface area contributed by atoms with Crippen molar-refractivity contribution in [3.8, 4) is 5.75 Å². The molecule has 2 rings (SSSR count). The highest BCUT2D eigenvalue weighted by Crippen LogP contribution is 2.33. The van der Waals surface area contributed by atoms with Gasteiger partial charge in [-0.2, -0.15) is 0 Å². The van der Waals surface area contributed by atoms with Crippen LogP contribution in [0.4, 0.5) is 5.13 Å². The molecule has 1 N–H and O–H groups in total. The van der Waals surface area contributed by atoms with Crippen molar-refractivity contribution < 1.29 is 9.53 Å². The number of carbonyl (C=O) groups is 1. The standard InChI is InChI=1S/C17H22BrN3O2S2/c1-5-8-24-16-21-20-15(25-16)19-14(22)10-23-13-7-6-11(18)9-12(13)17(2,3)4/h6-7,9H,5,8,10H2,1-4H3,(H,19,20,22). The Bertz CT molecular complexity index is 729. The summed E-state index contributed by atoms with van der Waals surface area (Å²) in [5.74, 6) is 1.46. The molecule has 136 valence electrons. The first-order chi connectivity index (χ1) is 11.8. The van der Waals surface area contributed by atoms with E-state index in [9.17, 15) is 4.79 Å². The largest absolute Gasteiger partial charge is 0.483 e. The molecule has 0 atom stereocenters. The van der Waals surface area contributed by atoms with Crippen LogP contribution in [0.5, 0.6) is 5.75 Å². The molecule has 1 aromatic carbocycles. The van der Waals surface area contributed by atoms with Crippen LogP contribution in [-0.2, 0) is 10.2 Å². The van der Waals surface area contributed by atoms with E-state index in [1.807, 2.05) is 18.2 Å². The minimum atomic E-state index is -0.244. The third-order valence-electron chi connectivity index (χ3n) is 3.19. The molecule has 1 heterocycles. The Hall–Kier alpha value is -1.12. The number of halogens is 1. The van der Waals surface area contributed by atoms with Gasteiger partial charge >= 0.3 is 0 Å². The summed E-state index contributed by atoms with van der Waals surface area (Å²) in [5, 5.41) is 11.3. The number of anilines is 1. The van der Waals surface area contributed by atoms with E-state index in [4.69, 9.17) is 4.74 Å². The Kier molecular flexibility index (Phi) is 7.27. The van der Waals surface area contributed by atoms with Crippen LogP contribution in [0.3, 0.4) is 0 Å². The Morgan fingerprint density at radius 2 is 2.12 bits per heavy atom. The summed E-state index contributed by atoms with van der Waals surface area (Å²) in [6.45, 7) is 8.37. The monoisotopic (exact) mass is 443 g/mol. The fraction of sp³-hybridized carbons (Fsp3) is 0.471. The fourth-order valence-electron chi connectivity index (χ4n) is 2.02. The van der Waals surface area contributed by atoms with E-state index in [-0.39, 0.29) is 17.9 Å². The van der Waals surface area contributed by atoms with Gasteiger partial charge in [0.05, 0.1) is 0 Å². The van der Waals surface area contributed by atoms with Crippen LogP contribution in [-0.4, -0.2) is 28.5 Å². The lowest BCUT2D eigenvalue weighted by atomic mass is 9.86. The summed E-state index contributed by atoms with van der Waals surface area (Å²) < 4.78 is 7.59. The van der Waals surface area contributed by atoms with Gasteiger partial charge in [-0.15, -0.1) is 10.2 Å². The van der Waals surface area contributed by atoms with Crippen LogP contribution in [0.25, 0.3) is 0 Å². The Morgan fingerprint density at radius 3 is 2.80 bits per heavy atom. The van der Waals surface area contributed by atoms with Crippen molar-refractivity contribution in [3.63, 3.8) is 0 Å². The molecular formula is C17H22BrN3O2S2. The van der Waals surface area contributed by atoms with Crippen LogP contribution in [0.1, 0.15) is 39.7 Å². The van der Waals surface area contributed by atoms with Crippen LogP contribution < -0.4 is 10.1 Å². The maximum Gasteiger partial charge on any atom is 0.264 e. The van der Waals surface area contributed by atoms with Gasteiger partial charge < -0.3 is 4.74 Å². The highest BCUT2D eigenvalue weighted by atomic mass is 79.9. The number of rotatable bonds is 7. The van der Waals surface area contributed by atoms with E-state index in [1.165, 1.54) is 11.3 Å². The predicted octanol–water partition coefficient (Wildman–Crippen LogP) is 5.12. The van der Waals surface area contributed by atoms with Crippen molar-refractivity contribution in [2.75, 3.05) is 17.7 Å². The van der Waals surface area contributed by atoms with E-state index in [2.05, 4.69) is 59.1 Å². The lowest BCUT2D eigenvalue weighted by Gasteiger charge is -2.23. The molecule has 5 nitrogen and oxygen atoms in total. The van der Waals surface area contributed by atoms with E-state index in [1.54, 1.807) is 11.8 Å². The number of hydrogen-bond donors (Lipinski definition) is 1. The number of aromatic nitrogens is 2. The first-order valence-electron chi connectivity index (χ1n) is 7.98. The van der Waals surface area contributed by atoms with Crippen LogP contribution >= 0.6 is 39.0 Å². The van der Waals surface area contributed by atoms with Crippen molar-refractivity contribution in [2.45, 2.75) is 43.9 Å². The van der Waals surface area contributed by atoms with Gasteiger partial charge in [0.2, 0.25) is 5.13 Å². The predicted molar refractivity (Wildman–Crippen MR) is 108 cm³/mol. The van der Waals surface area contributed by atoms with E-state index in [0.29, 0.717) is 10.9 Å². The van der Waals surface area contributed by atoms with Crippen molar-refractivity contribution in [2.24, 2.45) is 0 Å². The first-order valence-corrected chi connectivity index (χ1v) is 10.6. The molecule has 0 radical (unpaired) electrons. The molecule has 0 spiro atoms. The maximum atomic E-state index is 12.1. The van der Waals surface area contributed by atoms with Crippen molar-refractivity contribution >= 4 is 50.1 Å². The number of carbonyl (C=O) groups excluding carboxylic acids is 1. The quantitative estimate of drug-likeness (QED) is 0.475. The van der Waals surface area contributed by atoms with Crippen LogP contribution in [0.2, 0.25) is 0 Å². The van der Waals surface area contributed by atoms with Gasteiger partial charge in [0, 0.05) is 15.8 Å². The summed E-state index contributed by atoms with van der Waals surface area (Å²) in [5.41, 5.74) is 0.962. The van der Waals surface area contributed by atoms with E-state index < -0.39 is 0 Å². The van der Waals surface area contributed by atoms with Gasteiger partial charge in [0.15, 0.2) is 10.9 Å². The average molecular weight is 444 g/mol. The summed E-state index contributed by atoms with van der Waals surface area (Å²) >= 11 is 6.50. The normalized spacial score (nSPS) is 11.4. The smallest absolute Gasteiger partial charge is 0.264 e. The molecule has 0 aliphatic rings. The van der Waals surface area contributed by atoms with Crippen molar-refractivity contribution in [1.29, 1.82) is 0 Å². The molecule has 1 aromatic heterocycles. The van der Waals surface area contributed by atoms with Gasteiger partial charge in [-0.05, 0) is 30.0 Å². The second-order valence-electron chi connectivity index (χ2n) is 6.45. The third kappa shape index (κ3) is 6.27. The second-order valence-corrected chi connectivity index (χ2v) is 9.68. The molecule has 25 heavy (non-hydrogen) atoms. The number of benzene rings is 1. The van der Waals surface area contributed by atoms with E-state index in [0.717, 1.165) is 26.5 Å². The molecule has 0 aliphatic carbocycles. The number of thioether (sulfide) groups is 1. The highest BCUT2D eigenvalue weighted by Gasteiger charge is 2.20. The Morgan fingerprint density at radius 1 is 1.36 bits per heavy atom. The Balaban J connectivity index is 1.95. The SMILES string of the molecule is CCCSc1nnc(NC(=O)COc2ccc(Br)cc2C(C)(C)C)s1. The minimum Gasteiger partial charge on any atom is -0.483 e. The van der Waals surface area contributed by atoms with Gasteiger partial charge in [-0.1, -0.05) is 66.7 Å². The zero-order valence-corrected chi connectivity index (χ0v) is 18.0. The molecule has 0 aliphatic heterocycles. The zero-order chi connectivity index (χ0) is 18.4. The molecule has 0 saturated carbocycles. The molecule has 0 unspecified atom stereocenters. The van der Waals surface area contributed by atoms with Crippen LogP contribution in [0, 0.1) is 0 Å². The van der Waals surface area contributed by atoms with Crippen molar-refractivity contribution in [1.82, 2.24) is 10.2 Å². The summed E-state index contributed by atoms with van der Waals surface area (Å²) in [6, 6.07) is 5.81. The first kappa shape index (κ1) is 20.2. The summed E-state index contributed by atoms with van der Waals surface area (Å²) in [6.07, 6.45) is 1.07. The van der Waals surface area contributed by atoms with Gasteiger partial charge in [-0.25, -0.2) is 0 Å². The lowest BCUT2D eigenvalue weighted by molar-refractivity contribution is -0.118. The number of nitrogens with zero attached hydrogens (tertiary/aromatic N) is 2. The van der Waals surface area contributed by atoms with Gasteiger partial charge in [0.1, 0.15) is 5.75 Å². The summed E-state index contributed by atoms with van der Waals surface area (Å²) in [4.78, 5) is 12.1. The number of ether oxygens (including phenoxy) is 1. The molecular weight excluding hydrogens is 422 g/mol. The van der Waals surface area contributed by atoms with Crippen molar-refractivity contribution in [3.05, 3.63) is 28.2 Å². The van der Waals surface area contributed by atoms with Gasteiger partial charge in [-0.3, -0.25) is 10.1 Å². The van der Waals surface area contributed by atoms with E-state index >= 15 is 0 Å². The molecule has 2 aromatic rings. The Labute approximate surface area is 165 Å². The lowest BCUT2D eigenvalue weighted by Crippen LogP contribution is -2.22. The third-order valence-corrected chi connectivity index (χ3v) is 5.86. The average Bonchev–Trinajstić information content (AvgIpc) is 2.98. The number of amides is 1. The van der Waals surface area contributed by atoms with Crippen LogP contribution in [0.15, 0.2) is 27.0 Å². The zero-order valence-electron chi connectivity index (χ0n) is 14.8. The number of nitrogens with one attached hydrogen (secondary N) is 1. The maximum absolute atomic E-state index is 12.1. The summed E-state index contributed by atoms with van der Waals surface area (Å²) in [7, 11) is 0. The molecule has 0 bridgehead atoms. The topological polar surface area (TPSA) is 64.1 Å². The number of hydrogen-bond acceptors (Lipinski definition) is 6. The highest BCUT2D eigenvalue weighted by molar-refractivity contribution is 9.10. The molecule has 0 fully saturated rings. The molecule has 1 amide bonds. The second kappa shape index (κ2) is 9.00. The van der Waals surface area contributed by atoms with Gasteiger partial charge in [0.25, 0.3) is 5.91 Å². The molecule has 0 saturated heterocycles.